The maximum absolute atomic E-state index is 10.9. The van der Waals surface area contributed by atoms with Crippen molar-refractivity contribution < 1.29 is 13.9 Å². The van der Waals surface area contributed by atoms with Crippen molar-refractivity contribution in [3.8, 4) is 0 Å². The fourth-order valence-corrected chi connectivity index (χ4v) is 1.65. The van der Waals surface area contributed by atoms with E-state index in [4.69, 9.17) is 4.52 Å². The first kappa shape index (κ1) is 10.9. The molecule has 0 aromatic carbocycles. The lowest BCUT2D eigenvalue weighted by molar-refractivity contribution is -0.117. The van der Waals surface area contributed by atoms with E-state index < -0.39 is 8.03 Å². The Balaban J connectivity index is 3.24. The smallest absolute Gasteiger partial charge is 0.191 e. The molecule has 0 heterocycles. The molecule has 0 N–H and O–H groups in total. The van der Waals surface area contributed by atoms with Gasteiger partial charge in [0.15, 0.2) is 8.03 Å². The summed E-state index contributed by atoms with van der Waals surface area (Å²) in [6.07, 6.45) is 1.74. The number of rotatable bonds is 6. The van der Waals surface area contributed by atoms with E-state index in [1.54, 1.807) is 0 Å². The first-order valence-corrected chi connectivity index (χ1v) is 5.34. The Morgan fingerprint density at radius 2 is 2.18 bits per heavy atom. The predicted molar refractivity (Wildman–Crippen MR) is 45.4 cm³/mol. The molecule has 0 spiro atoms. The van der Waals surface area contributed by atoms with Gasteiger partial charge in [-0.05, 0) is 20.3 Å². The van der Waals surface area contributed by atoms with Gasteiger partial charge in [0.25, 0.3) is 0 Å². The Morgan fingerprint density at radius 1 is 1.55 bits per heavy atom. The van der Waals surface area contributed by atoms with Gasteiger partial charge in [0, 0.05) is 12.6 Å². The zero-order valence-corrected chi connectivity index (χ0v) is 8.05. The summed E-state index contributed by atoms with van der Waals surface area (Å²) < 4.78 is 15.7. The van der Waals surface area contributed by atoms with Crippen molar-refractivity contribution in [1.82, 2.24) is 0 Å². The molecule has 0 aliphatic rings. The highest BCUT2D eigenvalue weighted by Crippen LogP contribution is 2.22. The summed E-state index contributed by atoms with van der Waals surface area (Å²) in [4.78, 5) is 10.5. The van der Waals surface area contributed by atoms with E-state index in [0.29, 0.717) is 25.6 Å². The van der Waals surface area contributed by atoms with E-state index in [-0.39, 0.29) is 5.78 Å². The van der Waals surface area contributed by atoms with E-state index in [0.717, 1.165) is 0 Å². The van der Waals surface area contributed by atoms with Crippen LogP contribution in [0, 0.1) is 0 Å². The average Bonchev–Trinajstić information content (AvgIpc) is 1.87. The first-order valence-electron chi connectivity index (χ1n) is 3.82. The van der Waals surface area contributed by atoms with Crippen molar-refractivity contribution in [3.63, 3.8) is 0 Å². The molecular weight excluding hydrogens is 163 g/mol. The second-order valence-electron chi connectivity index (χ2n) is 2.36. The Labute approximate surface area is 68.0 Å². The minimum absolute atomic E-state index is 0.149. The van der Waals surface area contributed by atoms with Crippen LogP contribution in [0.15, 0.2) is 0 Å². The highest BCUT2D eigenvalue weighted by atomic mass is 31.1. The molecule has 0 bridgehead atoms. The van der Waals surface area contributed by atoms with Crippen LogP contribution in [0.5, 0.6) is 0 Å². The minimum atomic E-state index is -1.84. The number of carbonyl (C=O) groups excluding carboxylic acids is 1. The van der Waals surface area contributed by atoms with Crippen molar-refractivity contribution in [2.24, 2.45) is 0 Å². The molecule has 0 amide bonds. The third kappa shape index (κ3) is 7.76. The second-order valence-corrected chi connectivity index (χ2v) is 3.89. The molecule has 0 fully saturated rings. The van der Waals surface area contributed by atoms with Gasteiger partial charge in [0.05, 0.1) is 6.61 Å². The first-order chi connectivity index (χ1) is 5.16. The molecule has 0 saturated heterocycles. The van der Waals surface area contributed by atoms with Crippen molar-refractivity contribution in [3.05, 3.63) is 0 Å². The van der Waals surface area contributed by atoms with Crippen molar-refractivity contribution in [1.29, 1.82) is 0 Å². The summed E-state index contributed by atoms with van der Waals surface area (Å²) in [5.41, 5.74) is 0. The van der Waals surface area contributed by atoms with Gasteiger partial charge in [0.2, 0.25) is 0 Å². The predicted octanol–water partition coefficient (Wildman–Crippen LogP) is 1.87. The summed E-state index contributed by atoms with van der Waals surface area (Å²) >= 11 is 0. The number of hydrogen-bond donors (Lipinski definition) is 0. The lowest BCUT2D eigenvalue weighted by Gasteiger charge is -1.99. The molecule has 0 saturated carbocycles. The summed E-state index contributed by atoms with van der Waals surface area (Å²) in [7, 11) is -1.84. The molecular formula is C7H15O3P. The van der Waals surface area contributed by atoms with Crippen LogP contribution in [-0.4, -0.2) is 18.6 Å². The topological polar surface area (TPSA) is 43.4 Å². The van der Waals surface area contributed by atoms with Crippen LogP contribution in [-0.2, 0) is 13.9 Å². The Hall–Kier alpha value is -0.140. The molecule has 1 unspecified atom stereocenters. The van der Waals surface area contributed by atoms with Crippen LogP contribution in [0.4, 0.5) is 0 Å². The molecule has 0 rings (SSSR count). The highest BCUT2D eigenvalue weighted by Gasteiger charge is 1.99. The van der Waals surface area contributed by atoms with Crippen LogP contribution in [0.25, 0.3) is 0 Å². The molecule has 0 aliphatic carbocycles. The molecule has 0 aliphatic heterocycles. The molecule has 4 heteroatoms. The molecule has 11 heavy (non-hydrogen) atoms. The van der Waals surface area contributed by atoms with Crippen LogP contribution < -0.4 is 0 Å². The third-order valence-electron chi connectivity index (χ3n) is 1.22. The van der Waals surface area contributed by atoms with Gasteiger partial charge in [0.1, 0.15) is 5.78 Å². The van der Waals surface area contributed by atoms with E-state index in [2.05, 4.69) is 0 Å². The van der Waals surface area contributed by atoms with Crippen LogP contribution in [0.1, 0.15) is 26.7 Å². The molecule has 1 atom stereocenters. The van der Waals surface area contributed by atoms with Gasteiger partial charge >= 0.3 is 0 Å². The second kappa shape index (κ2) is 6.56. The van der Waals surface area contributed by atoms with Gasteiger partial charge < -0.3 is 9.32 Å². The summed E-state index contributed by atoms with van der Waals surface area (Å²) in [6, 6.07) is 0. The van der Waals surface area contributed by atoms with Crippen molar-refractivity contribution in [2.45, 2.75) is 26.7 Å². The number of Topliss-reactive ketones (excluding diaryl/α,β-unsaturated/α-hetero) is 1. The van der Waals surface area contributed by atoms with Gasteiger partial charge in [-0.15, -0.1) is 0 Å². The normalized spacial score (nSPS) is 12.9. The fraction of sp³-hybridized carbons (Fsp3) is 0.857. The van der Waals surface area contributed by atoms with Gasteiger partial charge in [-0.2, -0.15) is 0 Å². The van der Waals surface area contributed by atoms with E-state index in [1.165, 1.54) is 6.92 Å². The number of ketones is 1. The molecule has 3 nitrogen and oxygen atoms in total. The van der Waals surface area contributed by atoms with Gasteiger partial charge in [-0.3, -0.25) is 4.57 Å². The van der Waals surface area contributed by atoms with Crippen LogP contribution in [0.2, 0.25) is 0 Å². The zero-order chi connectivity index (χ0) is 8.69. The maximum atomic E-state index is 10.9. The number of carbonyl (C=O) groups is 1. The third-order valence-corrected chi connectivity index (χ3v) is 2.59. The van der Waals surface area contributed by atoms with E-state index in [9.17, 15) is 9.36 Å². The Morgan fingerprint density at radius 3 is 2.64 bits per heavy atom. The zero-order valence-electron chi connectivity index (χ0n) is 7.05. The van der Waals surface area contributed by atoms with Crippen molar-refractivity contribution in [2.75, 3.05) is 12.8 Å². The largest absolute Gasteiger partial charge is 0.331 e. The van der Waals surface area contributed by atoms with Crippen LogP contribution >= 0.6 is 8.03 Å². The summed E-state index contributed by atoms with van der Waals surface area (Å²) in [5.74, 6) is 0.149. The molecule has 66 valence electrons. The SMILES string of the molecule is CCO[PH](=O)CCCC(C)=O. The lowest BCUT2D eigenvalue weighted by atomic mass is 10.3. The van der Waals surface area contributed by atoms with E-state index >= 15 is 0 Å². The summed E-state index contributed by atoms with van der Waals surface area (Å²) in [6.45, 7) is 3.85. The van der Waals surface area contributed by atoms with Crippen LogP contribution in [0.3, 0.4) is 0 Å². The Kier molecular flexibility index (Phi) is 6.48. The number of hydrogen-bond acceptors (Lipinski definition) is 3. The quantitative estimate of drug-likeness (QED) is 0.583. The maximum Gasteiger partial charge on any atom is 0.191 e. The standard InChI is InChI=1S/C7H15O3P/c1-3-10-11(9)6-4-5-7(2)8/h11H,3-6H2,1-2H3. The average molecular weight is 178 g/mol. The highest BCUT2D eigenvalue weighted by molar-refractivity contribution is 7.39. The molecule has 0 radical (unpaired) electrons. The Bertz CT molecular complexity index is 145. The van der Waals surface area contributed by atoms with Gasteiger partial charge in [-0.1, -0.05) is 0 Å². The minimum Gasteiger partial charge on any atom is -0.331 e. The fourth-order valence-electron chi connectivity index (χ4n) is 0.715. The van der Waals surface area contributed by atoms with Gasteiger partial charge in [-0.25, -0.2) is 0 Å². The summed E-state index contributed by atoms with van der Waals surface area (Å²) in [5, 5.41) is 0. The van der Waals surface area contributed by atoms with Crippen molar-refractivity contribution >= 4 is 13.8 Å². The molecule has 0 aromatic heterocycles. The monoisotopic (exact) mass is 178 g/mol. The lowest BCUT2D eigenvalue weighted by Crippen LogP contribution is -1.91. The van der Waals surface area contributed by atoms with E-state index in [1.807, 2.05) is 6.92 Å². The molecule has 0 aromatic rings.